The first-order valence-electron chi connectivity index (χ1n) is 6.46. The van der Waals surface area contributed by atoms with Crippen LogP contribution in [0, 0.1) is 0 Å². The van der Waals surface area contributed by atoms with Crippen molar-refractivity contribution in [2.45, 2.75) is 0 Å². The summed E-state index contributed by atoms with van der Waals surface area (Å²) in [6, 6.07) is 9.77. The van der Waals surface area contributed by atoms with Crippen LogP contribution in [-0.2, 0) is 7.05 Å². The van der Waals surface area contributed by atoms with Gasteiger partial charge in [0.2, 0.25) is 5.28 Å². The molecule has 0 saturated heterocycles. The number of hydrogen-bond donors (Lipinski definition) is 0. The highest BCUT2D eigenvalue weighted by Gasteiger charge is 2.14. The van der Waals surface area contributed by atoms with Gasteiger partial charge < -0.3 is 14.2 Å². The second-order valence-electron chi connectivity index (χ2n) is 4.74. The van der Waals surface area contributed by atoms with E-state index in [0.29, 0.717) is 0 Å². The van der Waals surface area contributed by atoms with Gasteiger partial charge in [-0.3, -0.25) is 0 Å². The SMILES string of the molecule is COc1ccc(N(C)c2nc(Cl)nc3c2ccn3C)cc1. The summed E-state index contributed by atoms with van der Waals surface area (Å²) < 4.78 is 7.10. The van der Waals surface area contributed by atoms with E-state index in [1.165, 1.54) is 0 Å². The number of nitrogens with zero attached hydrogens (tertiary/aromatic N) is 4. The molecule has 0 aliphatic heterocycles. The number of benzene rings is 1. The number of hydrogen-bond acceptors (Lipinski definition) is 4. The maximum absolute atomic E-state index is 6.05. The third kappa shape index (κ3) is 2.40. The summed E-state index contributed by atoms with van der Waals surface area (Å²) in [5.74, 6) is 1.59. The number of halogens is 1. The van der Waals surface area contributed by atoms with Crippen LogP contribution in [0.2, 0.25) is 5.28 Å². The highest BCUT2D eigenvalue weighted by Crippen LogP contribution is 2.30. The predicted molar refractivity (Wildman–Crippen MR) is 84.6 cm³/mol. The van der Waals surface area contributed by atoms with Crippen molar-refractivity contribution in [3.8, 4) is 5.75 Å². The largest absolute Gasteiger partial charge is 0.497 e. The summed E-state index contributed by atoms with van der Waals surface area (Å²) in [6.45, 7) is 0. The van der Waals surface area contributed by atoms with E-state index < -0.39 is 0 Å². The van der Waals surface area contributed by atoms with Gasteiger partial charge in [-0.1, -0.05) is 0 Å². The van der Waals surface area contributed by atoms with Crippen LogP contribution < -0.4 is 9.64 Å². The Kier molecular flexibility index (Phi) is 3.43. The highest BCUT2D eigenvalue weighted by molar-refractivity contribution is 6.28. The first-order valence-corrected chi connectivity index (χ1v) is 6.84. The lowest BCUT2D eigenvalue weighted by Gasteiger charge is -2.19. The first kappa shape index (κ1) is 13.7. The molecule has 108 valence electrons. The van der Waals surface area contributed by atoms with Crippen molar-refractivity contribution in [3.05, 3.63) is 41.8 Å². The maximum atomic E-state index is 6.05. The zero-order chi connectivity index (χ0) is 15.0. The highest BCUT2D eigenvalue weighted by atomic mass is 35.5. The molecule has 0 atom stereocenters. The molecule has 0 aliphatic carbocycles. The molecule has 0 bridgehead atoms. The number of methoxy groups -OCH3 is 1. The Morgan fingerprint density at radius 1 is 1.14 bits per heavy atom. The fourth-order valence-corrected chi connectivity index (χ4v) is 2.44. The summed E-state index contributed by atoms with van der Waals surface area (Å²) in [4.78, 5) is 10.6. The van der Waals surface area contributed by atoms with Crippen LogP contribution >= 0.6 is 11.6 Å². The van der Waals surface area contributed by atoms with Crippen LogP contribution in [0.15, 0.2) is 36.5 Å². The van der Waals surface area contributed by atoms with Gasteiger partial charge in [-0.05, 0) is 41.9 Å². The van der Waals surface area contributed by atoms with E-state index in [1.54, 1.807) is 7.11 Å². The number of anilines is 2. The zero-order valence-electron chi connectivity index (χ0n) is 12.0. The lowest BCUT2D eigenvalue weighted by Crippen LogP contribution is -2.12. The summed E-state index contributed by atoms with van der Waals surface area (Å²) in [5.41, 5.74) is 1.81. The number of fused-ring (bicyclic) bond motifs is 1. The average Bonchev–Trinajstić information content (AvgIpc) is 2.87. The molecule has 3 rings (SSSR count). The lowest BCUT2D eigenvalue weighted by atomic mass is 10.2. The molecule has 3 aromatic rings. The Balaban J connectivity index is 2.09. The molecule has 0 unspecified atom stereocenters. The molecule has 0 aliphatic rings. The van der Waals surface area contributed by atoms with Gasteiger partial charge in [0.25, 0.3) is 0 Å². The minimum atomic E-state index is 0.236. The van der Waals surface area contributed by atoms with Crippen molar-refractivity contribution in [2.24, 2.45) is 7.05 Å². The number of ether oxygens (including phenoxy) is 1. The molecule has 0 radical (unpaired) electrons. The molecule has 0 N–H and O–H groups in total. The van der Waals surface area contributed by atoms with Crippen LogP contribution in [0.3, 0.4) is 0 Å². The lowest BCUT2D eigenvalue weighted by molar-refractivity contribution is 0.415. The fraction of sp³-hybridized carbons (Fsp3) is 0.200. The van der Waals surface area contributed by atoms with Gasteiger partial charge in [0.05, 0.1) is 12.5 Å². The molecule has 2 aromatic heterocycles. The molecule has 2 heterocycles. The van der Waals surface area contributed by atoms with E-state index in [2.05, 4.69) is 9.97 Å². The maximum Gasteiger partial charge on any atom is 0.226 e. The Bertz CT molecular complexity index is 782. The predicted octanol–water partition coefficient (Wildman–Crippen LogP) is 3.40. The molecule has 1 aromatic carbocycles. The molecule has 21 heavy (non-hydrogen) atoms. The Hall–Kier alpha value is -2.27. The molecule has 5 nitrogen and oxygen atoms in total. The molecule has 0 amide bonds. The summed E-state index contributed by atoms with van der Waals surface area (Å²) in [5, 5.41) is 1.19. The van der Waals surface area contributed by atoms with Gasteiger partial charge in [-0.15, -0.1) is 0 Å². The van der Waals surface area contributed by atoms with E-state index in [9.17, 15) is 0 Å². The minimum absolute atomic E-state index is 0.236. The van der Waals surface area contributed by atoms with Crippen LogP contribution in [0.1, 0.15) is 0 Å². The molecule has 0 spiro atoms. The van der Waals surface area contributed by atoms with Crippen LogP contribution in [0.5, 0.6) is 5.75 Å². The van der Waals surface area contributed by atoms with Crippen molar-refractivity contribution < 1.29 is 4.74 Å². The summed E-state index contributed by atoms with van der Waals surface area (Å²) in [7, 11) is 5.53. The third-order valence-electron chi connectivity index (χ3n) is 3.45. The second kappa shape index (κ2) is 5.26. The van der Waals surface area contributed by atoms with Gasteiger partial charge in [0.1, 0.15) is 17.2 Å². The monoisotopic (exact) mass is 302 g/mol. The third-order valence-corrected chi connectivity index (χ3v) is 3.62. The van der Waals surface area contributed by atoms with Crippen molar-refractivity contribution in [3.63, 3.8) is 0 Å². The van der Waals surface area contributed by atoms with Crippen LogP contribution in [0.25, 0.3) is 11.0 Å². The van der Waals surface area contributed by atoms with Gasteiger partial charge in [-0.2, -0.15) is 9.97 Å². The summed E-state index contributed by atoms with van der Waals surface area (Å²) in [6.07, 6.45) is 1.95. The molecule has 0 fully saturated rings. The first-order chi connectivity index (χ1) is 10.1. The quantitative estimate of drug-likeness (QED) is 0.696. The normalized spacial score (nSPS) is 10.9. The fourth-order valence-electron chi connectivity index (χ4n) is 2.28. The second-order valence-corrected chi connectivity index (χ2v) is 5.08. The molecule has 6 heteroatoms. The number of aryl methyl sites for hydroxylation is 1. The van der Waals surface area contributed by atoms with Crippen molar-refractivity contribution in [1.82, 2.24) is 14.5 Å². The Morgan fingerprint density at radius 3 is 2.52 bits per heavy atom. The van der Waals surface area contributed by atoms with Gasteiger partial charge in [-0.25, -0.2) is 0 Å². The number of rotatable bonds is 3. The van der Waals surface area contributed by atoms with Crippen LogP contribution in [-0.4, -0.2) is 28.7 Å². The molecular formula is C15H15ClN4O. The van der Waals surface area contributed by atoms with Crippen LogP contribution in [0.4, 0.5) is 11.5 Å². The molecular weight excluding hydrogens is 288 g/mol. The van der Waals surface area contributed by atoms with Gasteiger partial charge in [0, 0.05) is 26.0 Å². The van der Waals surface area contributed by atoms with Crippen molar-refractivity contribution in [2.75, 3.05) is 19.1 Å². The standard InChI is InChI=1S/C15H15ClN4O/c1-19-9-8-12-13(19)17-15(16)18-14(12)20(2)10-4-6-11(21-3)7-5-10/h4-9H,1-3H3. The Morgan fingerprint density at radius 2 is 1.86 bits per heavy atom. The Labute approximate surface area is 127 Å². The van der Waals surface area contributed by atoms with E-state index >= 15 is 0 Å². The van der Waals surface area contributed by atoms with Gasteiger partial charge in [0.15, 0.2) is 0 Å². The zero-order valence-corrected chi connectivity index (χ0v) is 12.8. The average molecular weight is 303 g/mol. The topological polar surface area (TPSA) is 43.2 Å². The van der Waals surface area contributed by atoms with E-state index in [-0.39, 0.29) is 5.28 Å². The molecule has 0 saturated carbocycles. The summed E-state index contributed by atoms with van der Waals surface area (Å²) >= 11 is 6.05. The van der Waals surface area contributed by atoms with Crippen molar-refractivity contribution in [1.29, 1.82) is 0 Å². The van der Waals surface area contributed by atoms with E-state index in [1.807, 2.05) is 60.1 Å². The van der Waals surface area contributed by atoms with E-state index in [4.69, 9.17) is 16.3 Å². The smallest absolute Gasteiger partial charge is 0.226 e. The van der Waals surface area contributed by atoms with Gasteiger partial charge >= 0.3 is 0 Å². The minimum Gasteiger partial charge on any atom is -0.497 e. The number of aromatic nitrogens is 3. The van der Waals surface area contributed by atoms with Crippen molar-refractivity contribution >= 4 is 34.1 Å². The van der Waals surface area contributed by atoms with E-state index in [0.717, 1.165) is 28.3 Å².